The number of anilines is 1. The maximum absolute atomic E-state index is 13.5. The Balaban J connectivity index is 1.54. The Bertz CT molecular complexity index is 1630. The largest absolute Gasteiger partial charge is 0.455 e. The number of aryl methyl sites for hydroxylation is 1. The van der Waals surface area contributed by atoms with Crippen molar-refractivity contribution in [1.29, 1.82) is 0 Å². The lowest BCUT2D eigenvalue weighted by Gasteiger charge is -2.12. The minimum Gasteiger partial charge on any atom is -0.455 e. The number of non-ortho nitro benzene ring substituents is 1. The van der Waals surface area contributed by atoms with E-state index in [2.05, 4.69) is 15.4 Å². The molecule has 0 aliphatic rings. The van der Waals surface area contributed by atoms with Crippen LogP contribution in [0, 0.1) is 17.0 Å². The number of carbonyl (C=O) groups excluding carboxylic acids is 1. The number of carbonyl (C=O) groups is 1. The minimum atomic E-state index is -0.542. The van der Waals surface area contributed by atoms with Crippen LogP contribution in [0.25, 0.3) is 22.2 Å². The molecule has 0 unspecified atom stereocenters. The van der Waals surface area contributed by atoms with Gasteiger partial charge in [0.2, 0.25) is 0 Å². The number of pyridine rings is 2. The zero-order chi connectivity index (χ0) is 25.9. The molecule has 0 saturated heterocycles. The highest BCUT2D eigenvalue weighted by Crippen LogP contribution is 2.31. The first-order valence-corrected chi connectivity index (χ1v) is 11.5. The van der Waals surface area contributed by atoms with Crippen LogP contribution in [0.15, 0.2) is 79.3 Å². The number of rotatable bonds is 7. The molecule has 2 aromatic carbocycles. The van der Waals surface area contributed by atoms with Crippen LogP contribution in [0.3, 0.4) is 0 Å². The Morgan fingerprint density at radius 1 is 1.08 bits per heavy atom. The number of nitro benzene ring substituents is 1. The number of para-hydroxylation sites is 1. The second kappa shape index (κ2) is 9.86. The zero-order valence-corrected chi connectivity index (χ0v) is 20.1. The Morgan fingerprint density at radius 2 is 1.92 bits per heavy atom. The highest BCUT2D eigenvalue weighted by atomic mass is 16.6. The third kappa shape index (κ3) is 4.85. The van der Waals surface area contributed by atoms with Crippen molar-refractivity contribution in [2.24, 2.45) is 0 Å². The van der Waals surface area contributed by atoms with E-state index in [4.69, 9.17) is 9.72 Å². The van der Waals surface area contributed by atoms with Gasteiger partial charge in [-0.1, -0.05) is 18.2 Å². The summed E-state index contributed by atoms with van der Waals surface area (Å²) in [6.07, 6.45) is 4.82. The predicted octanol–water partition coefficient (Wildman–Crippen LogP) is 5.77. The van der Waals surface area contributed by atoms with E-state index in [-0.39, 0.29) is 17.1 Å². The Kier molecular flexibility index (Phi) is 6.29. The van der Waals surface area contributed by atoms with E-state index in [0.29, 0.717) is 34.5 Å². The summed E-state index contributed by atoms with van der Waals surface area (Å²) in [7, 11) is 0. The quantitative estimate of drug-likeness (QED) is 0.225. The smallest absolute Gasteiger partial charge is 0.275 e. The minimum absolute atomic E-state index is 0.195. The maximum Gasteiger partial charge on any atom is 0.275 e. The molecule has 0 aliphatic heterocycles. The number of hydrogen-bond acceptors (Lipinski definition) is 7. The van der Waals surface area contributed by atoms with Gasteiger partial charge in [0.1, 0.15) is 11.5 Å². The molecule has 5 rings (SSSR count). The highest BCUT2D eigenvalue weighted by Gasteiger charge is 2.19. The van der Waals surface area contributed by atoms with Gasteiger partial charge in [0.15, 0.2) is 0 Å². The Labute approximate surface area is 211 Å². The van der Waals surface area contributed by atoms with Crippen molar-refractivity contribution in [3.63, 3.8) is 0 Å². The normalized spacial score (nSPS) is 10.9. The number of amides is 1. The van der Waals surface area contributed by atoms with Gasteiger partial charge in [0.25, 0.3) is 11.6 Å². The third-order valence-electron chi connectivity index (χ3n) is 5.87. The SMILES string of the molecule is CCn1ncc(-c2cc(C(=O)Nc3cc(Oc4cccnc4)cc([N+](=O)[O-])c3)c3ccccc3n2)c1C. The molecule has 1 amide bonds. The number of fused-ring (bicyclic) bond motifs is 1. The summed E-state index contributed by atoms with van der Waals surface area (Å²) >= 11 is 0. The van der Waals surface area contributed by atoms with E-state index in [9.17, 15) is 14.9 Å². The topological polar surface area (TPSA) is 125 Å². The first-order valence-electron chi connectivity index (χ1n) is 11.5. The van der Waals surface area contributed by atoms with Crippen LogP contribution >= 0.6 is 0 Å². The molecule has 0 fully saturated rings. The zero-order valence-electron chi connectivity index (χ0n) is 20.1. The average molecular weight is 495 g/mol. The van der Waals surface area contributed by atoms with E-state index in [1.54, 1.807) is 30.6 Å². The summed E-state index contributed by atoms with van der Waals surface area (Å²) in [4.78, 5) is 33.3. The van der Waals surface area contributed by atoms with Crippen LogP contribution in [0.1, 0.15) is 23.0 Å². The van der Waals surface area contributed by atoms with Gasteiger partial charge in [-0.25, -0.2) is 4.98 Å². The molecule has 0 aliphatic carbocycles. The molecule has 5 aromatic rings. The molecule has 184 valence electrons. The number of ether oxygens (including phenoxy) is 1. The van der Waals surface area contributed by atoms with Crippen LogP contribution in [0.5, 0.6) is 11.5 Å². The molecule has 0 radical (unpaired) electrons. The second-order valence-electron chi connectivity index (χ2n) is 8.25. The summed E-state index contributed by atoms with van der Waals surface area (Å²) in [5, 5.41) is 19.4. The molecule has 10 nitrogen and oxygen atoms in total. The predicted molar refractivity (Wildman–Crippen MR) is 139 cm³/mol. The van der Waals surface area contributed by atoms with Gasteiger partial charge in [0, 0.05) is 41.5 Å². The lowest BCUT2D eigenvalue weighted by atomic mass is 10.0. The molecule has 10 heteroatoms. The summed E-state index contributed by atoms with van der Waals surface area (Å²) < 4.78 is 7.59. The van der Waals surface area contributed by atoms with E-state index < -0.39 is 10.8 Å². The van der Waals surface area contributed by atoms with Crippen molar-refractivity contribution in [3.8, 4) is 22.8 Å². The van der Waals surface area contributed by atoms with Gasteiger partial charge in [-0.2, -0.15) is 5.10 Å². The Morgan fingerprint density at radius 3 is 2.65 bits per heavy atom. The van der Waals surface area contributed by atoms with Crippen LogP contribution < -0.4 is 10.1 Å². The number of nitrogens with zero attached hydrogens (tertiary/aromatic N) is 5. The van der Waals surface area contributed by atoms with E-state index in [0.717, 1.165) is 11.3 Å². The van der Waals surface area contributed by atoms with Gasteiger partial charge in [-0.15, -0.1) is 0 Å². The molecule has 37 heavy (non-hydrogen) atoms. The molecule has 0 atom stereocenters. The lowest BCUT2D eigenvalue weighted by Crippen LogP contribution is -2.13. The molecule has 0 spiro atoms. The van der Waals surface area contributed by atoms with E-state index in [1.165, 1.54) is 24.4 Å². The van der Waals surface area contributed by atoms with E-state index in [1.807, 2.05) is 42.8 Å². The first kappa shape index (κ1) is 23.6. The summed E-state index contributed by atoms with van der Waals surface area (Å²) in [5.74, 6) is 0.168. The molecule has 3 aromatic heterocycles. The van der Waals surface area contributed by atoms with Crippen molar-refractivity contribution in [3.05, 3.63) is 101 Å². The summed E-state index contributed by atoms with van der Waals surface area (Å²) in [6.45, 7) is 4.67. The number of nitrogens with one attached hydrogen (secondary N) is 1. The second-order valence-corrected chi connectivity index (χ2v) is 8.25. The fourth-order valence-corrected chi connectivity index (χ4v) is 4.08. The molecule has 1 N–H and O–H groups in total. The van der Waals surface area contributed by atoms with Gasteiger partial charge >= 0.3 is 0 Å². The molecular weight excluding hydrogens is 472 g/mol. The molecule has 0 bridgehead atoms. The van der Waals surface area contributed by atoms with Gasteiger partial charge in [-0.05, 0) is 38.1 Å². The van der Waals surface area contributed by atoms with Crippen LogP contribution in [-0.2, 0) is 6.54 Å². The maximum atomic E-state index is 13.5. The van der Waals surface area contributed by atoms with Crippen molar-refractivity contribution in [1.82, 2.24) is 19.7 Å². The highest BCUT2D eigenvalue weighted by molar-refractivity contribution is 6.13. The number of hydrogen-bond donors (Lipinski definition) is 1. The van der Waals surface area contributed by atoms with Crippen LogP contribution in [0.4, 0.5) is 11.4 Å². The van der Waals surface area contributed by atoms with Gasteiger partial charge < -0.3 is 10.1 Å². The van der Waals surface area contributed by atoms with Crippen molar-refractivity contribution in [2.75, 3.05) is 5.32 Å². The Hall–Kier alpha value is -5.12. The standard InChI is InChI=1S/C27H22N6O4/c1-3-32-17(2)24(16-29-32)26-14-23(22-8-4-5-9-25(22)31-26)27(34)30-18-11-19(33(35)36)13-21(12-18)37-20-7-6-10-28-15-20/h4-16H,3H2,1-2H3,(H,30,34). The number of benzene rings is 2. The van der Waals surface area contributed by atoms with Gasteiger partial charge in [-0.3, -0.25) is 24.6 Å². The number of aromatic nitrogens is 4. The van der Waals surface area contributed by atoms with Crippen LogP contribution in [0.2, 0.25) is 0 Å². The van der Waals surface area contributed by atoms with Crippen molar-refractivity contribution < 1.29 is 14.5 Å². The fraction of sp³-hybridized carbons (Fsp3) is 0.111. The lowest BCUT2D eigenvalue weighted by molar-refractivity contribution is -0.384. The number of nitro groups is 1. The van der Waals surface area contributed by atoms with Gasteiger partial charge in [0.05, 0.1) is 45.8 Å². The average Bonchev–Trinajstić information content (AvgIpc) is 3.28. The summed E-state index contributed by atoms with van der Waals surface area (Å²) in [6, 6.07) is 16.5. The first-order chi connectivity index (χ1) is 17.9. The van der Waals surface area contributed by atoms with Crippen molar-refractivity contribution >= 4 is 28.2 Å². The molecule has 3 heterocycles. The fourth-order valence-electron chi connectivity index (χ4n) is 4.08. The monoisotopic (exact) mass is 494 g/mol. The van der Waals surface area contributed by atoms with Crippen LogP contribution in [-0.4, -0.2) is 30.6 Å². The molecular formula is C27H22N6O4. The van der Waals surface area contributed by atoms with E-state index >= 15 is 0 Å². The molecule has 0 saturated carbocycles. The summed E-state index contributed by atoms with van der Waals surface area (Å²) in [5.41, 5.74) is 3.39. The third-order valence-corrected chi connectivity index (χ3v) is 5.87. The van der Waals surface area contributed by atoms with Crippen molar-refractivity contribution in [2.45, 2.75) is 20.4 Å².